The van der Waals surface area contributed by atoms with E-state index >= 15 is 0 Å². The van der Waals surface area contributed by atoms with Crippen molar-refractivity contribution in [2.24, 2.45) is 23.7 Å². The van der Waals surface area contributed by atoms with Gasteiger partial charge in [-0.25, -0.2) is 0 Å². The maximum Gasteiger partial charge on any atom is 0.309 e. The first-order valence-electron chi connectivity index (χ1n) is 5.01. The second-order valence-electron chi connectivity index (χ2n) is 4.47. The third-order valence-electron chi connectivity index (χ3n) is 4.13. The zero-order valence-electron chi connectivity index (χ0n) is 7.32. The summed E-state index contributed by atoms with van der Waals surface area (Å²) in [6.45, 7) is 2.20. The summed E-state index contributed by atoms with van der Waals surface area (Å²) in [5.74, 6) is 2.46. The van der Waals surface area contributed by atoms with Crippen molar-refractivity contribution >= 4 is 5.97 Å². The molecular formula is C10H14O2. The number of ether oxygens (including phenoxy) is 1. The van der Waals surface area contributed by atoms with E-state index in [0.717, 1.165) is 18.8 Å². The number of carbonyl (C=O) groups is 1. The van der Waals surface area contributed by atoms with Gasteiger partial charge >= 0.3 is 5.97 Å². The molecule has 2 heteroatoms. The fourth-order valence-corrected chi connectivity index (χ4v) is 3.71. The van der Waals surface area contributed by atoms with Gasteiger partial charge in [0.05, 0.1) is 5.92 Å². The number of rotatable bonds is 1. The van der Waals surface area contributed by atoms with E-state index in [9.17, 15) is 4.79 Å². The summed E-state index contributed by atoms with van der Waals surface area (Å²) >= 11 is 0. The third kappa shape index (κ3) is 0.606. The van der Waals surface area contributed by atoms with Crippen LogP contribution in [0.3, 0.4) is 0 Å². The van der Waals surface area contributed by atoms with Crippen LogP contribution in [0.1, 0.15) is 26.2 Å². The van der Waals surface area contributed by atoms with Crippen molar-refractivity contribution in [1.29, 1.82) is 0 Å². The summed E-state index contributed by atoms with van der Waals surface area (Å²) in [7, 11) is 0. The van der Waals surface area contributed by atoms with Crippen LogP contribution in [0.5, 0.6) is 0 Å². The first-order chi connectivity index (χ1) is 5.81. The van der Waals surface area contributed by atoms with Gasteiger partial charge in [0, 0.05) is 5.92 Å². The molecule has 0 spiro atoms. The minimum Gasteiger partial charge on any atom is -0.462 e. The Balaban J connectivity index is 1.98. The molecule has 3 aliphatic rings. The molecule has 3 rings (SSSR count). The molecule has 12 heavy (non-hydrogen) atoms. The summed E-state index contributed by atoms with van der Waals surface area (Å²) < 4.78 is 5.33. The fraction of sp³-hybridized carbons (Fsp3) is 0.900. The van der Waals surface area contributed by atoms with Gasteiger partial charge in [0.1, 0.15) is 6.10 Å². The topological polar surface area (TPSA) is 26.3 Å². The van der Waals surface area contributed by atoms with Crippen LogP contribution >= 0.6 is 0 Å². The highest BCUT2D eigenvalue weighted by Crippen LogP contribution is 2.58. The molecule has 2 saturated carbocycles. The van der Waals surface area contributed by atoms with Gasteiger partial charge in [0.2, 0.25) is 0 Å². The third-order valence-corrected chi connectivity index (χ3v) is 4.13. The van der Waals surface area contributed by atoms with E-state index in [1.807, 2.05) is 0 Å². The zero-order chi connectivity index (χ0) is 8.29. The molecule has 2 aliphatic carbocycles. The summed E-state index contributed by atoms with van der Waals surface area (Å²) in [4.78, 5) is 11.4. The van der Waals surface area contributed by atoms with Crippen LogP contribution in [0.25, 0.3) is 0 Å². The quantitative estimate of drug-likeness (QED) is 0.553. The lowest BCUT2D eigenvalue weighted by atomic mass is 9.79. The van der Waals surface area contributed by atoms with E-state index in [-0.39, 0.29) is 5.97 Å². The van der Waals surface area contributed by atoms with Gasteiger partial charge < -0.3 is 4.74 Å². The van der Waals surface area contributed by atoms with Gasteiger partial charge in [-0.05, 0) is 24.7 Å². The highest BCUT2D eigenvalue weighted by molar-refractivity contribution is 5.76. The average Bonchev–Trinajstić information content (AvgIpc) is 2.61. The van der Waals surface area contributed by atoms with E-state index in [1.54, 1.807) is 0 Å². The Bertz CT molecular complexity index is 234. The monoisotopic (exact) mass is 166 g/mol. The first-order valence-corrected chi connectivity index (χ1v) is 5.01. The van der Waals surface area contributed by atoms with Crippen LogP contribution in [-0.4, -0.2) is 12.1 Å². The Kier molecular flexibility index (Phi) is 1.18. The lowest BCUT2D eigenvalue weighted by Gasteiger charge is -2.22. The highest BCUT2D eigenvalue weighted by Gasteiger charge is 2.60. The highest BCUT2D eigenvalue weighted by atomic mass is 16.6. The Morgan fingerprint density at radius 3 is 3.08 bits per heavy atom. The summed E-state index contributed by atoms with van der Waals surface area (Å²) in [6.07, 6.45) is 3.90. The predicted octanol–water partition coefficient (Wildman–Crippen LogP) is 1.59. The number of carbonyl (C=O) groups excluding carboxylic acids is 1. The van der Waals surface area contributed by atoms with E-state index in [1.165, 1.54) is 6.42 Å². The van der Waals surface area contributed by atoms with E-state index in [4.69, 9.17) is 4.74 Å². The zero-order valence-corrected chi connectivity index (χ0v) is 7.32. The molecule has 0 aromatic carbocycles. The van der Waals surface area contributed by atoms with Crippen LogP contribution in [0.2, 0.25) is 0 Å². The van der Waals surface area contributed by atoms with Gasteiger partial charge in [-0.3, -0.25) is 4.79 Å². The molecule has 2 bridgehead atoms. The van der Waals surface area contributed by atoms with Crippen molar-refractivity contribution in [2.75, 3.05) is 0 Å². The standard InChI is InChI=1S/C10H14O2/c1-2-6-5-3-7-8(4-5)12-10(11)9(6)7/h5-9H,2-4H2,1H3. The minimum atomic E-state index is 0.108. The molecule has 1 aliphatic heterocycles. The van der Waals surface area contributed by atoms with Gasteiger partial charge in [-0.15, -0.1) is 0 Å². The smallest absolute Gasteiger partial charge is 0.309 e. The summed E-state index contributed by atoms with van der Waals surface area (Å²) in [5, 5.41) is 0. The molecule has 0 N–H and O–H groups in total. The van der Waals surface area contributed by atoms with Crippen molar-refractivity contribution in [3.05, 3.63) is 0 Å². The Morgan fingerprint density at radius 1 is 1.50 bits per heavy atom. The van der Waals surface area contributed by atoms with Crippen LogP contribution in [-0.2, 0) is 9.53 Å². The lowest BCUT2D eigenvalue weighted by Crippen LogP contribution is -2.25. The van der Waals surface area contributed by atoms with Crippen LogP contribution in [0.15, 0.2) is 0 Å². The average molecular weight is 166 g/mol. The van der Waals surface area contributed by atoms with Crippen LogP contribution in [0, 0.1) is 23.7 Å². The largest absolute Gasteiger partial charge is 0.462 e. The summed E-state index contributed by atoms with van der Waals surface area (Å²) in [6, 6.07) is 0. The molecule has 1 heterocycles. The Labute approximate surface area is 72.3 Å². The molecule has 0 amide bonds. The Morgan fingerprint density at radius 2 is 2.33 bits per heavy atom. The van der Waals surface area contributed by atoms with Crippen LogP contribution < -0.4 is 0 Å². The number of fused-ring (bicyclic) bond motifs is 1. The molecule has 0 aromatic heterocycles. The lowest BCUT2D eigenvalue weighted by molar-refractivity contribution is -0.144. The van der Waals surface area contributed by atoms with Gasteiger partial charge in [-0.2, -0.15) is 0 Å². The normalized spacial score (nSPS) is 54.8. The molecule has 2 nitrogen and oxygen atoms in total. The fourth-order valence-electron chi connectivity index (χ4n) is 3.71. The number of esters is 1. The maximum absolute atomic E-state index is 11.4. The molecule has 0 aromatic rings. The number of hydrogen-bond acceptors (Lipinski definition) is 2. The SMILES string of the molecule is CCC1C2CC3OC(=O)C1C3C2. The molecule has 5 unspecified atom stereocenters. The van der Waals surface area contributed by atoms with Crippen molar-refractivity contribution < 1.29 is 9.53 Å². The minimum absolute atomic E-state index is 0.108. The summed E-state index contributed by atoms with van der Waals surface area (Å²) in [5.41, 5.74) is 0. The van der Waals surface area contributed by atoms with E-state index < -0.39 is 0 Å². The predicted molar refractivity (Wildman–Crippen MR) is 43.4 cm³/mol. The van der Waals surface area contributed by atoms with Gasteiger partial charge in [0.15, 0.2) is 0 Å². The van der Waals surface area contributed by atoms with Crippen LogP contribution in [0.4, 0.5) is 0 Å². The molecule has 1 saturated heterocycles. The first kappa shape index (κ1) is 6.93. The van der Waals surface area contributed by atoms with E-state index in [2.05, 4.69) is 6.92 Å². The second-order valence-corrected chi connectivity index (χ2v) is 4.47. The van der Waals surface area contributed by atoms with E-state index in [0.29, 0.717) is 23.9 Å². The van der Waals surface area contributed by atoms with Gasteiger partial charge in [-0.1, -0.05) is 13.3 Å². The van der Waals surface area contributed by atoms with Gasteiger partial charge in [0.25, 0.3) is 0 Å². The molecule has 5 atom stereocenters. The maximum atomic E-state index is 11.4. The Hall–Kier alpha value is -0.530. The van der Waals surface area contributed by atoms with Crippen molar-refractivity contribution in [3.63, 3.8) is 0 Å². The second kappa shape index (κ2) is 2.04. The number of hydrogen-bond donors (Lipinski definition) is 0. The van der Waals surface area contributed by atoms with Crippen molar-refractivity contribution in [2.45, 2.75) is 32.3 Å². The molecule has 0 radical (unpaired) electrons. The molecule has 3 fully saturated rings. The molecular weight excluding hydrogens is 152 g/mol. The van der Waals surface area contributed by atoms with Crippen molar-refractivity contribution in [1.82, 2.24) is 0 Å². The van der Waals surface area contributed by atoms with Crippen molar-refractivity contribution in [3.8, 4) is 0 Å². The molecule has 66 valence electrons.